The third-order valence-electron chi connectivity index (χ3n) is 2.54. The summed E-state index contributed by atoms with van der Waals surface area (Å²) in [7, 11) is 1.95. The minimum Gasteiger partial charge on any atom is -0.333 e. The molecule has 1 aliphatic rings. The van der Waals surface area contributed by atoms with Crippen molar-refractivity contribution >= 4 is 11.5 Å². The maximum absolute atomic E-state index is 7.77. The van der Waals surface area contributed by atoms with Crippen molar-refractivity contribution in [3.63, 3.8) is 0 Å². The molecular formula is C10H12N2. The largest absolute Gasteiger partial charge is 0.333 e. The Balaban J connectivity index is 2.59. The van der Waals surface area contributed by atoms with E-state index in [1.54, 1.807) is 0 Å². The van der Waals surface area contributed by atoms with Gasteiger partial charge < -0.3 is 4.90 Å². The maximum Gasteiger partial charge on any atom is 0.107 e. The van der Waals surface area contributed by atoms with Crippen LogP contribution in [0.1, 0.15) is 18.4 Å². The number of nitrogens with zero attached hydrogens (tertiary/aromatic N) is 1. The van der Waals surface area contributed by atoms with Crippen molar-refractivity contribution in [1.82, 2.24) is 0 Å². The number of fused-ring (bicyclic) bond motifs is 1. The van der Waals surface area contributed by atoms with Gasteiger partial charge in [0, 0.05) is 18.7 Å². The fraction of sp³-hybridized carbons (Fsp3) is 0.300. The van der Waals surface area contributed by atoms with Crippen LogP contribution in [0.4, 0.5) is 5.69 Å². The van der Waals surface area contributed by atoms with E-state index in [1.807, 2.05) is 24.1 Å². The van der Waals surface area contributed by atoms with Gasteiger partial charge in [-0.2, -0.15) is 0 Å². The van der Waals surface area contributed by atoms with Gasteiger partial charge in [-0.05, 0) is 11.6 Å². The lowest BCUT2D eigenvalue weighted by Gasteiger charge is -2.11. The highest BCUT2D eigenvalue weighted by Crippen LogP contribution is 2.35. The van der Waals surface area contributed by atoms with E-state index >= 15 is 0 Å². The van der Waals surface area contributed by atoms with Gasteiger partial charge in [0.1, 0.15) is 5.84 Å². The lowest BCUT2D eigenvalue weighted by atomic mass is 10.0. The molecule has 0 spiro atoms. The Morgan fingerprint density at radius 3 is 2.67 bits per heavy atom. The molecule has 2 heteroatoms. The van der Waals surface area contributed by atoms with E-state index in [1.165, 1.54) is 11.3 Å². The fourth-order valence-electron chi connectivity index (χ4n) is 1.73. The van der Waals surface area contributed by atoms with Crippen molar-refractivity contribution in [2.75, 3.05) is 11.9 Å². The molecule has 2 nitrogen and oxygen atoms in total. The monoisotopic (exact) mass is 160 g/mol. The second kappa shape index (κ2) is 2.34. The Bertz CT molecular complexity index is 299. The van der Waals surface area contributed by atoms with Crippen molar-refractivity contribution in [2.45, 2.75) is 12.8 Å². The van der Waals surface area contributed by atoms with E-state index in [0.29, 0.717) is 5.84 Å². The molecular weight excluding hydrogens is 148 g/mol. The number of amidine groups is 1. The van der Waals surface area contributed by atoms with Gasteiger partial charge in [-0.25, -0.2) is 0 Å². The second-order valence-corrected chi connectivity index (χ2v) is 3.22. The number of para-hydroxylation sites is 1. The highest BCUT2D eigenvalue weighted by molar-refractivity contribution is 6.05. The first kappa shape index (κ1) is 7.35. The van der Waals surface area contributed by atoms with E-state index in [9.17, 15) is 0 Å². The molecule has 62 valence electrons. The van der Waals surface area contributed by atoms with Crippen molar-refractivity contribution in [3.05, 3.63) is 29.8 Å². The van der Waals surface area contributed by atoms with Crippen LogP contribution < -0.4 is 4.90 Å². The molecule has 1 aliphatic heterocycles. The molecule has 2 rings (SSSR count). The summed E-state index contributed by atoms with van der Waals surface area (Å²) in [5.41, 5.74) is 2.44. The number of anilines is 1. The van der Waals surface area contributed by atoms with Gasteiger partial charge in [-0.15, -0.1) is 0 Å². The molecule has 0 amide bonds. The zero-order valence-corrected chi connectivity index (χ0v) is 7.33. The van der Waals surface area contributed by atoms with Gasteiger partial charge in [0.2, 0.25) is 0 Å². The van der Waals surface area contributed by atoms with E-state index in [0.717, 1.165) is 0 Å². The molecule has 0 unspecified atom stereocenters. The van der Waals surface area contributed by atoms with Crippen LogP contribution in [-0.2, 0) is 0 Å². The van der Waals surface area contributed by atoms with Crippen LogP contribution >= 0.6 is 0 Å². The van der Waals surface area contributed by atoms with Gasteiger partial charge in [0.15, 0.2) is 0 Å². The summed E-state index contributed by atoms with van der Waals surface area (Å²) in [6.45, 7) is 2.07. The Morgan fingerprint density at radius 2 is 2.00 bits per heavy atom. The zero-order chi connectivity index (χ0) is 8.72. The van der Waals surface area contributed by atoms with E-state index < -0.39 is 0 Å². The number of benzene rings is 1. The zero-order valence-electron chi connectivity index (χ0n) is 7.33. The van der Waals surface area contributed by atoms with Gasteiger partial charge in [0.05, 0.1) is 0 Å². The lowest BCUT2D eigenvalue weighted by molar-refractivity contribution is 1.03. The molecule has 0 aliphatic carbocycles. The highest BCUT2D eigenvalue weighted by Gasteiger charge is 2.27. The molecule has 0 bridgehead atoms. The van der Waals surface area contributed by atoms with Crippen molar-refractivity contribution in [3.8, 4) is 0 Å². The molecule has 12 heavy (non-hydrogen) atoms. The van der Waals surface area contributed by atoms with Crippen molar-refractivity contribution in [1.29, 1.82) is 5.41 Å². The minimum atomic E-state index is 0.256. The number of hydrogen-bond acceptors (Lipinski definition) is 1. The normalized spacial score (nSPS) is 21.3. The molecule has 0 saturated carbocycles. The average molecular weight is 160 g/mol. The van der Waals surface area contributed by atoms with Gasteiger partial charge in [-0.1, -0.05) is 25.1 Å². The third kappa shape index (κ3) is 0.779. The van der Waals surface area contributed by atoms with Crippen LogP contribution in [0, 0.1) is 5.41 Å². The van der Waals surface area contributed by atoms with Crippen LogP contribution in [0.15, 0.2) is 24.3 Å². The van der Waals surface area contributed by atoms with Crippen molar-refractivity contribution in [2.24, 2.45) is 0 Å². The highest BCUT2D eigenvalue weighted by atomic mass is 15.2. The van der Waals surface area contributed by atoms with E-state index in [-0.39, 0.29) is 5.92 Å². The standard InChI is InChI=1S/C10H12N2/c1-7-8-5-3-4-6-9(8)12(2)10(7)11/h3-7,11H,1-2H3/t7-/m1/s1. The van der Waals surface area contributed by atoms with Crippen LogP contribution in [0.2, 0.25) is 0 Å². The van der Waals surface area contributed by atoms with Crippen LogP contribution in [0.3, 0.4) is 0 Å². The smallest absolute Gasteiger partial charge is 0.107 e. The molecule has 0 aromatic heterocycles. The first-order valence-corrected chi connectivity index (χ1v) is 4.13. The molecule has 1 N–H and O–H groups in total. The van der Waals surface area contributed by atoms with Gasteiger partial charge in [0.25, 0.3) is 0 Å². The fourth-order valence-corrected chi connectivity index (χ4v) is 1.73. The summed E-state index contributed by atoms with van der Waals surface area (Å²) in [4.78, 5) is 1.94. The van der Waals surface area contributed by atoms with Crippen molar-refractivity contribution < 1.29 is 0 Å². The molecule has 0 fully saturated rings. The van der Waals surface area contributed by atoms with Gasteiger partial charge >= 0.3 is 0 Å². The van der Waals surface area contributed by atoms with Crippen LogP contribution in [0.5, 0.6) is 0 Å². The summed E-state index contributed by atoms with van der Waals surface area (Å²) in [6, 6.07) is 8.20. The summed E-state index contributed by atoms with van der Waals surface area (Å²) >= 11 is 0. The number of nitrogens with one attached hydrogen (secondary N) is 1. The molecule has 1 atom stereocenters. The summed E-state index contributed by atoms with van der Waals surface area (Å²) in [5.74, 6) is 0.947. The minimum absolute atomic E-state index is 0.256. The van der Waals surface area contributed by atoms with E-state index in [2.05, 4.69) is 19.1 Å². The van der Waals surface area contributed by atoms with Crippen LogP contribution in [-0.4, -0.2) is 12.9 Å². The maximum atomic E-state index is 7.77. The number of rotatable bonds is 0. The molecule has 0 radical (unpaired) electrons. The quantitative estimate of drug-likeness (QED) is 0.619. The molecule has 1 aromatic rings. The first-order chi connectivity index (χ1) is 5.72. The second-order valence-electron chi connectivity index (χ2n) is 3.22. The Morgan fingerprint density at radius 1 is 1.33 bits per heavy atom. The predicted octanol–water partition coefficient (Wildman–Crippen LogP) is 2.22. The topological polar surface area (TPSA) is 27.1 Å². The average Bonchev–Trinajstić information content (AvgIpc) is 2.33. The Kier molecular flexibility index (Phi) is 1.43. The Hall–Kier alpha value is -1.31. The SMILES string of the molecule is C[C@H]1C(=N)N(C)c2ccccc21. The van der Waals surface area contributed by atoms with E-state index in [4.69, 9.17) is 5.41 Å². The number of likely N-dealkylation sites (N-methyl/N-ethyl adjacent to an activating group) is 1. The molecule has 1 aromatic carbocycles. The predicted molar refractivity (Wildman–Crippen MR) is 51.0 cm³/mol. The third-order valence-corrected chi connectivity index (χ3v) is 2.54. The summed E-state index contributed by atoms with van der Waals surface area (Å²) in [5, 5.41) is 7.77. The summed E-state index contributed by atoms with van der Waals surface area (Å²) < 4.78 is 0. The Labute approximate surface area is 72.3 Å². The first-order valence-electron chi connectivity index (χ1n) is 4.13. The molecule has 0 saturated heterocycles. The van der Waals surface area contributed by atoms with Crippen LogP contribution in [0.25, 0.3) is 0 Å². The summed E-state index contributed by atoms with van der Waals surface area (Å²) in [6.07, 6.45) is 0. The lowest BCUT2D eigenvalue weighted by Crippen LogP contribution is -2.21. The van der Waals surface area contributed by atoms with Gasteiger partial charge in [-0.3, -0.25) is 5.41 Å². The number of hydrogen-bond donors (Lipinski definition) is 1. The molecule has 1 heterocycles.